The number of hydrogen-bond donors (Lipinski definition) is 1. The van der Waals surface area contributed by atoms with Crippen LogP contribution in [0.3, 0.4) is 0 Å². The molecule has 0 aliphatic rings. The van der Waals surface area contributed by atoms with Crippen LogP contribution in [0.15, 0.2) is 17.0 Å². The molecule has 0 fully saturated rings. The van der Waals surface area contributed by atoms with Crippen molar-refractivity contribution in [2.75, 3.05) is 11.6 Å². The highest BCUT2D eigenvalue weighted by atomic mass is 35.5. The summed E-state index contributed by atoms with van der Waals surface area (Å²) < 4.78 is 103. The number of carbonyl (C=O) groups excluding carboxylic acids is 1. The molecule has 1 amide bonds. The number of aromatic nitrogens is 2. The molecule has 2 aromatic rings. The highest BCUT2D eigenvalue weighted by Gasteiger charge is 2.44. The van der Waals surface area contributed by atoms with Gasteiger partial charge in [0.15, 0.2) is 21.3 Å². The van der Waals surface area contributed by atoms with Crippen molar-refractivity contribution >= 4 is 44.8 Å². The fourth-order valence-corrected chi connectivity index (χ4v) is 3.95. The molecule has 0 saturated carbocycles. The molecule has 0 bridgehead atoms. The Labute approximate surface area is 169 Å². The van der Waals surface area contributed by atoms with Crippen LogP contribution in [0.4, 0.5) is 32.2 Å². The number of benzene rings is 1. The van der Waals surface area contributed by atoms with Gasteiger partial charge in [-0.2, -0.15) is 31.4 Å². The maximum Gasteiger partial charge on any atom is 0.436 e. The first-order valence-corrected chi connectivity index (χ1v) is 9.83. The van der Waals surface area contributed by atoms with Gasteiger partial charge >= 0.3 is 12.4 Å². The Balaban J connectivity index is 2.97. The van der Waals surface area contributed by atoms with Gasteiger partial charge in [0, 0.05) is 13.2 Å². The lowest BCUT2D eigenvalue weighted by Gasteiger charge is -2.14. The fraction of sp³-hybridized carbons (Fsp3) is 0.286. The largest absolute Gasteiger partial charge is 0.436 e. The zero-order valence-corrected chi connectivity index (χ0v) is 16.5. The molecule has 1 heterocycles. The third-order valence-electron chi connectivity index (χ3n) is 3.33. The maximum atomic E-state index is 13.4. The normalized spacial score (nSPS) is 12.9. The molecular formula is C14H9Cl2F6N3O3S. The Morgan fingerprint density at radius 3 is 1.90 bits per heavy atom. The summed E-state index contributed by atoms with van der Waals surface area (Å²) in [5.74, 6) is -1.96. The van der Waals surface area contributed by atoms with Crippen LogP contribution in [-0.4, -0.2) is 30.4 Å². The summed E-state index contributed by atoms with van der Waals surface area (Å²) in [6.45, 7) is 0.868. The highest BCUT2D eigenvalue weighted by Crippen LogP contribution is 2.42. The Morgan fingerprint density at radius 2 is 1.55 bits per heavy atom. The first-order chi connectivity index (χ1) is 12.9. The van der Waals surface area contributed by atoms with Gasteiger partial charge in [-0.05, 0) is 12.1 Å². The number of nitrogens with zero attached hydrogens (tertiary/aromatic N) is 2. The molecule has 2 rings (SSSR count). The van der Waals surface area contributed by atoms with E-state index in [1.807, 2.05) is 5.32 Å². The molecule has 29 heavy (non-hydrogen) atoms. The molecule has 0 radical (unpaired) electrons. The quantitative estimate of drug-likeness (QED) is 0.648. The summed E-state index contributed by atoms with van der Waals surface area (Å²) in [7, 11) is -4.62. The summed E-state index contributed by atoms with van der Waals surface area (Å²) in [5.41, 5.74) is -3.90. The summed E-state index contributed by atoms with van der Waals surface area (Å²) in [6.07, 6.45) is -9.72. The minimum Gasteiger partial charge on any atom is -0.310 e. The third kappa shape index (κ3) is 4.78. The second-order valence-electron chi connectivity index (χ2n) is 5.68. The van der Waals surface area contributed by atoms with E-state index in [9.17, 15) is 39.6 Å². The maximum absolute atomic E-state index is 13.4. The van der Waals surface area contributed by atoms with Crippen LogP contribution in [0.5, 0.6) is 0 Å². The molecule has 0 unspecified atom stereocenters. The number of nitrogens with one attached hydrogen (secondary N) is 1. The Bertz CT molecular complexity index is 1070. The van der Waals surface area contributed by atoms with Gasteiger partial charge in [0.2, 0.25) is 5.91 Å². The van der Waals surface area contributed by atoms with Crippen LogP contribution >= 0.6 is 23.2 Å². The van der Waals surface area contributed by atoms with E-state index in [-0.39, 0.29) is 4.68 Å². The third-order valence-corrected chi connectivity index (χ3v) is 5.04. The predicted molar refractivity (Wildman–Crippen MR) is 91.0 cm³/mol. The molecule has 1 aromatic heterocycles. The molecule has 1 aromatic carbocycles. The average molecular weight is 484 g/mol. The van der Waals surface area contributed by atoms with Crippen molar-refractivity contribution in [1.82, 2.24) is 9.78 Å². The Hall–Kier alpha value is -1.99. The van der Waals surface area contributed by atoms with Crippen molar-refractivity contribution in [2.45, 2.75) is 24.2 Å². The number of hydrogen-bond acceptors (Lipinski definition) is 4. The fourth-order valence-electron chi connectivity index (χ4n) is 2.31. The Morgan fingerprint density at radius 1 is 1.07 bits per heavy atom. The van der Waals surface area contributed by atoms with Crippen molar-refractivity contribution in [3.05, 3.63) is 33.4 Å². The molecular weight excluding hydrogens is 475 g/mol. The second-order valence-corrected chi connectivity index (χ2v) is 8.44. The average Bonchev–Trinajstić information content (AvgIpc) is 2.84. The van der Waals surface area contributed by atoms with Crippen LogP contribution in [0.1, 0.15) is 18.2 Å². The molecule has 0 aliphatic heterocycles. The number of halogens is 8. The standard InChI is InChI=1S/C14H9Cl2F6N3O3S/c1-5(26)23-12-10(29(2,27)28)11(14(20,21)22)24-25(12)9-7(15)3-6(4-8(9)16)13(17,18)19/h3-4H,1-2H3,(H,23,26). The van der Waals surface area contributed by atoms with Crippen molar-refractivity contribution in [2.24, 2.45) is 0 Å². The minimum absolute atomic E-state index is 0.228. The zero-order valence-electron chi connectivity index (χ0n) is 14.2. The second kappa shape index (κ2) is 7.36. The first kappa shape index (κ1) is 23.3. The van der Waals surface area contributed by atoms with Crippen molar-refractivity contribution in [3.63, 3.8) is 0 Å². The molecule has 0 spiro atoms. The zero-order chi connectivity index (χ0) is 22.5. The lowest BCUT2D eigenvalue weighted by molar-refractivity contribution is -0.143. The van der Waals surface area contributed by atoms with Gasteiger partial charge in [-0.25, -0.2) is 13.1 Å². The number of anilines is 1. The minimum atomic E-state index is -5.29. The molecule has 6 nitrogen and oxygen atoms in total. The molecule has 0 saturated heterocycles. The van der Waals surface area contributed by atoms with Crippen molar-refractivity contribution in [1.29, 1.82) is 0 Å². The van der Waals surface area contributed by atoms with Gasteiger partial charge in [-0.3, -0.25) is 4.79 Å². The lowest BCUT2D eigenvalue weighted by Crippen LogP contribution is -2.15. The number of carbonyl (C=O) groups is 1. The molecule has 0 aliphatic carbocycles. The van der Waals surface area contributed by atoms with E-state index in [0.717, 1.165) is 6.92 Å². The summed E-state index contributed by atoms with van der Waals surface area (Å²) >= 11 is 11.6. The van der Waals surface area contributed by atoms with Gasteiger partial charge < -0.3 is 5.32 Å². The van der Waals surface area contributed by atoms with Gasteiger partial charge in [0.1, 0.15) is 10.6 Å². The van der Waals surface area contributed by atoms with E-state index in [1.165, 1.54) is 0 Å². The summed E-state index contributed by atoms with van der Waals surface area (Å²) in [6, 6.07) is 0.741. The highest BCUT2D eigenvalue weighted by molar-refractivity contribution is 7.91. The SMILES string of the molecule is CC(=O)Nc1c(S(C)(=O)=O)c(C(F)(F)F)nn1-c1c(Cl)cc(C(F)(F)F)cc1Cl. The lowest BCUT2D eigenvalue weighted by atomic mass is 10.2. The van der Waals surface area contributed by atoms with Crippen LogP contribution in [0, 0.1) is 0 Å². The number of rotatable bonds is 3. The van der Waals surface area contributed by atoms with Crippen LogP contribution in [-0.2, 0) is 27.0 Å². The smallest absolute Gasteiger partial charge is 0.310 e. The van der Waals surface area contributed by atoms with E-state index in [0.29, 0.717) is 18.4 Å². The molecule has 1 N–H and O–H groups in total. The monoisotopic (exact) mass is 483 g/mol. The molecule has 15 heteroatoms. The Kier molecular flexibility index (Phi) is 5.91. The van der Waals surface area contributed by atoms with E-state index in [1.54, 1.807) is 0 Å². The van der Waals surface area contributed by atoms with E-state index in [4.69, 9.17) is 23.2 Å². The summed E-state index contributed by atoms with van der Waals surface area (Å²) in [5, 5.41) is 3.44. The molecule has 160 valence electrons. The van der Waals surface area contributed by atoms with Gasteiger partial charge in [0.25, 0.3) is 0 Å². The van der Waals surface area contributed by atoms with Crippen molar-refractivity contribution in [3.8, 4) is 5.69 Å². The number of sulfone groups is 1. The number of alkyl halides is 6. The van der Waals surface area contributed by atoms with E-state index in [2.05, 4.69) is 5.10 Å². The molecule has 0 atom stereocenters. The predicted octanol–water partition coefficient (Wildman–Crippen LogP) is 4.58. The van der Waals surface area contributed by atoms with Gasteiger partial charge in [-0.15, -0.1) is 0 Å². The van der Waals surface area contributed by atoms with Crippen LogP contribution in [0.25, 0.3) is 5.69 Å². The van der Waals surface area contributed by atoms with Gasteiger partial charge in [0.05, 0.1) is 15.6 Å². The summed E-state index contributed by atoms with van der Waals surface area (Å²) in [4.78, 5) is 10.1. The number of amides is 1. The first-order valence-electron chi connectivity index (χ1n) is 7.19. The van der Waals surface area contributed by atoms with E-state index >= 15 is 0 Å². The van der Waals surface area contributed by atoms with Crippen molar-refractivity contribution < 1.29 is 39.6 Å². The van der Waals surface area contributed by atoms with Gasteiger partial charge in [-0.1, -0.05) is 23.2 Å². The van der Waals surface area contributed by atoms with Crippen LogP contribution in [0.2, 0.25) is 10.0 Å². The topological polar surface area (TPSA) is 81.1 Å². The van der Waals surface area contributed by atoms with Crippen LogP contribution < -0.4 is 5.32 Å². The van der Waals surface area contributed by atoms with E-state index < -0.39 is 65.8 Å².